The number of aryl methyl sites for hydroxylation is 2. The normalized spacial score (nSPS) is 10.4. The van der Waals surface area contributed by atoms with Crippen LogP contribution in [-0.4, -0.2) is 0 Å². The number of unbranched alkanes of at least 4 members (excludes halogenated alkanes) is 2. The zero-order valence-corrected chi connectivity index (χ0v) is 20.6. The SMILES string of the molecule is CCCCCc1ccc(C#Cc2ccc3cc(C#Cc4ccc(CCC)cc4)ccc3c2F)cc1. The molecule has 4 aromatic rings. The number of rotatable bonds is 6. The van der Waals surface area contributed by atoms with Gasteiger partial charge in [-0.1, -0.05) is 93.2 Å². The first-order valence-corrected chi connectivity index (χ1v) is 12.6. The van der Waals surface area contributed by atoms with Gasteiger partial charge in [0.15, 0.2) is 0 Å². The minimum absolute atomic E-state index is 0.280. The molecule has 0 saturated heterocycles. The Labute approximate surface area is 209 Å². The van der Waals surface area contributed by atoms with Crippen molar-refractivity contribution < 1.29 is 4.39 Å². The summed E-state index contributed by atoms with van der Waals surface area (Å²) in [5.74, 6) is 12.3. The number of hydrogen-bond acceptors (Lipinski definition) is 0. The molecule has 0 aliphatic rings. The van der Waals surface area contributed by atoms with Crippen LogP contribution in [0.15, 0.2) is 78.9 Å². The van der Waals surface area contributed by atoms with Crippen molar-refractivity contribution in [1.29, 1.82) is 0 Å². The van der Waals surface area contributed by atoms with Gasteiger partial charge in [-0.2, -0.15) is 0 Å². The number of fused-ring (bicyclic) bond motifs is 1. The highest BCUT2D eigenvalue weighted by atomic mass is 19.1. The molecule has 174 valence electrons. The van der Waals surface area contributed by atoms with Gasteiger partial charge in [-0.3, -0.25) is 0 Å². The lowest BCUT2D eigenvalue weighted by molar-refractivity contribution is 0.636. The fraction of sp³-hybridized carbons (Fsp3) is 0.235. The van der Waals surface area contributed by atoms with Gasteiger partial charge in [0, 0.05) is 22.1 Å². The fourth-order valence-corrected chi connectivity index (χ4v) is 4.13. The van der Waals surface area contributed by atoms with E-state index >= 15 is 4.39 Å². The molecular weight excluding hydrogens is 427 g/mol. The van der Waals surface area contributed by atoms with Gasteiger partial charge in [-0.05, 0) is 78.2 Å². The first-order chi connectivity index (χ1) is 17.2. The first kappa shape index (κ1) is 24.3. The molecule has 0 fully saturated rings. The lowest BCUT2D eigenvalue weighted by Crippen LogP contribution is -1.88. The fourth-order valence-electron chi connectivity index (χ4n) is 4.13. The maximum absolute atomic E-state index is 15.2. The van der Waals surface area contributed by atoms with Crippen LogP contribution in [0.4, 0.5) is 4.39 Å². The molecule has 0 aliphatic heterocycles. The Morgan fingerprint density at radius 1 is 0.571 bits per heavy atom. The molecule has 4 aromatic carbocycles. The van der Waals surface area contributed by atoms with Crippen LogP contribution in [0.1, 0.15) is 72.9 Å². The van der Waals surface area contributed by atoms with Gasteiger partial charge in [0.05, 0.1) is 5.56 Å². The molecule has 4 rings (SSSR count). The average Bonchev–Trinajstić information content (AvgIpc) is 2.89. The third-order valence-electron chi connectivity index (χ3n) is 6.16. The zero-order valence-electron chi connectivity index (χ0n) is 20.6. The summed E-state index contributed by atoms with van der Waals surface area (Å²) in [5, 5.41) is 1.40. The van der Waals surface area contributed by atoms with E-state index < -0.39 is 0 Å². The van der Waals surface area contributed by atoms with E-state index in [4.69, 9.17) is 0 Å². The topological polar surface area (TPSA) is 0 Å². The second-order valence-corrected chi connectivity index (χ2v) is 8.96. The van der Waals surface area contributed by atoms with Crippen LogP contribution >= 0.6 is 0 Å². The van der Waals surface area contributed by atoms with Crippen molar-refractivity contribution in [2.75, 3.05) is 0 Å². The van der Waals surface area contributed by atoms with E-state index in [1.54, 1.807) is 12.1 Å². The van der Waals surface area contributed by atoms with Crippen LogP contribution in [0.5, 0.6) is 0 Å². The number of halogens is 1. The Kier molecular flexibility index (Phi) is 8.38. The maximum atomic E-state index is 15.2. The van der Waals surface area contributed by atoms with Gasteiger partial charge in [0.25, 0.3) is 0 Å². The van der Waals surface area contributed by atoms with Crippen LogP contribution < -0.4 is 0 Å². The zero-order chi connectivity index (χ0) is 24.5. The Hall–Kier alpha value is -3.81. The molecule has 0 amide bonds. The van der Waals surface area contributed by atoms with Crippen LogP contribution in [-0.2, 0) is 12.8 Å². The largest absolute Gasteiger partial charge is 0.205 e. The van der Waals surface area contributed by atoms with E-state index in [9.17, 15) is 0 Å². The van der Waals surface area contributed by atoms with E-state index in [2.05, 4.69) is 73.9 Å². The summed E-state index contributed by atoms with van der Waals surface area (Å²) in [5.41, 5.74) is 5.82. The van der Waals surface area contributed by atoms with Crippen LogP contribution in [0.25, 0.3) is 10.8 Å². The standard InChI is InChI=1S/C34H31F/c1-3-5-6-8-27-11-15-29(16-12-27)19-21-31-22-23-32-25-30(20-24-33(32)34(31)35)18-17-28-13-9-26(7-4-2)10-14-28/h9-16,20,22-25H,3-8H2,1-2H3. The highest BCUT2D eigenvalue weighted by Gasteiger charge is 2.06. The highest BCUT2D eigenvalue weighted by molar-refractivity contribution is 5.86. The monoisotopic (exact) mass is 458 g/mol. The van der Waals surface area contributed by atoms with E-state index in [1.165, 1.54) is 30.4 Å². The second-order valence-electron chi connectivity index (χ2n) is 8.96. The van der Waals surface area contributed by atoms with Crippen LogP contribution in [0.2, 0.25) is 0 Å². The molecule has 0 bridgehead atoms. The van der Waals surface area contributed by atoms with Gasteiger partial charge in [-0.25, -0.2) is 4.39 Å². The second kappa shape index (κ2) is 12.1. The molecule has 0 atom stereocenters. The summed E-state index contributed by atoms with van der Waals surface area (Å²) in [7, 11) is 0. The summed E-state index contributed by atoms with van der Waals surface area (Å²) >= 11 is 0. The predicted octanol–water partition coefficient (Wildman–Crippen LogP) is 8.46. The third kappa shape index (κ3) is 6.62. The van der Waals surface area contributed by atoms with E-state index in [0.29, 0.717) is 10.9 Å². The molecule has 0 spiro atoms. The van der Waals surface area contributed by atoms with Gasteiger partial charge in [0.1, 0.15) is 5.82 Å². The van der Waals surface area contributed by atoms with Gasteiger partial charge >= 0.3 is 0 Å². The molecule has 0 unspecified atom stereocenters. The van der Waals surface area contributed by atoms with Crippen molar-refractivity contribution in [2.45, 2.75) is 52.4 Å². The molecular formula is C34H31F. The van der Waals surface area contributed by atoms with E-state index in [1.807, 2.05) is 30.3 Å². The highest BCUT2D eigenvalue weighted by Crippen LogP contribution is 2.22. The van der Waals surface area contributed by atoms with Crippen molar-refractivity contribution in [2.24, 2.45) is 0 Å². The smallest absolute Gasteiger partial charge is 0.146 e. The summed E-state index contributed by atoms with van der Waals surface area (Å²) < 4.78 is 15.2. The third-order valence-corrected chi connectivity index (χ3v) is 6.16. The molecule has 0 radical (unpaired) electrons. The van der Waals surface area contributed by atoms with Crippen LogP contribution in [0.3, 0.4) is 0 Å². The number of hydrogen-bond donors (Lipinski definition) is 0. The first-order valence-electron chi connectivity index (χ1n) is 12.6. The average molecular weight is 459 g/mol. The molecule has 0 heterocycles. The molecule has 0 aromatic heterocycles. The van der Waals surface area contributed by atoms with Crippen molar-refractivity contribution >= 4 is 10.8 Å². The lowest BCUT2D eigenvalue weighted by atomic mass is 10.0. The Balaban J connectivity index is 1.49. The molecule has 0 nitrogen and oxygen atoms in total. The summed E-state index contributed by atoms with van der Waals surface area (Å²) in [6.45, 7) is 4.39. The lowest BCUT2D eigenvalue weighted by Gasteiger charge is -2.03. The van der Waals surface area contributed by atoms with Gasteiger partial charge < -0.3 is 0 Å². The van der Waals surface area contributed by atoms with Crippen molar-refractivity contribution in [3.8, 4) is 23.7 Å². The predicted molar refractivity (Wildman–Crippen MR) is 146 cm³/mol. The molecule has 0 aliphatic carbocycles. The number of benzene rings is 4. The van der Waals surface area contributed by atoms with Crippen LogP contribution in [0, 0.1) is 29.5 Å². The van der Waals surface area contributed by atoms with E-state index in [0.717, 1.165) is 41.3 Å². The Morgan fingerprint density at radius 3 is 1.83 bits per heavy atom. The summed E-state index contributed by atoms with van der Waals surface area (Å²) in [6, 6.07) is 26.0. The van der Waals surface area contributed by atoms with Crippen molar-refractivity contribution in [1.82, 2.24) is 0 Å². The molecule has 1 heteroatoms. The van der Waals surface area contributed by atoms with Gasteiger partial charge in [-0.15, -0.1) is 0 Å². The minimum atomic E-state index is -0.280. The van der Waals surface area contributed by atoms with E-state index in [-0.39, 0.29) is 5.82 Å². The maximum Gasteiger partial charge on any atom is 0.146 e. The molecule has 0 saturated carbocycles. The summed E-state index contributed by atoms with van der Waals surface area (Å²) in [6.07, 6.45) is 7.01. The van der Waals surface area contributed by atoms with Crippen molar-refractivity contribution in [3.63, 3.8) is 0 Å². The quantitative estimate of drug-likeness (QED) is 0.201. The minimum Gasteiger partial charge on any atom is -0.205 e. The molecule has 0 N–H and O–H groups in total. The van der Waals surface area contributed by atoms with Gasteiger partial charge in [0.2, 0.25) is 0 Å². The Bertz CT molecular complexity index is 1400. The Morgan fingerprint density at radius 2 is 1.17 bits per heavy atom. The summed E-state index contributed by atoms with van der Waals surface area (Å²) in [4.78, 5) is 0. The van der Waals surface area contributed by atoms with Crippen molar-refractivity contribution in [3.05, 3.63) is 118 Å². The molecule has 35 heavy (non-hydrogen) atoms.